The Morgan fingerprint density at radius 2 is 1.62 bits per heavy atom. The second-order valence-electron chi connectivity index (χ2n) is 8.25. The van der Waals surface area contributed by atoms with Crippen molar-refractivity contribution in [3.05, 3.63) is 65.2 Å². The standard InChI is InChI=1S/C24H28F3N3O4/c1-16-13-30(14-17(2)34-16)22(31)20-8-6-18(7-9-20)11-28-23(32)29-12-19-4-3-5-21(10-19)33-15-24(25,26)27/h3-10,16-17H,11-15H2,1-2H3,(H2,28,29,32). The van der Waals surface area contributed by atoms with Crippen LogP contribution in [0, 0.1) is 0 Å². The number of nitrogens with one attached hydrogen (secondary N) is 2. The molecule has 1 aliphatic rings. The first-order valence-corrected chi connectivity index (χ1v) is 10.9. The van der Waals surface area contributed by atoms with Gasteiger partial charge < -0.3 is 25.0 Å². The van der Waals surface area contributed by atoms with Gasteiger partial charge in [-0.1, -0.05) is 24.3 Å². The van der Waals surface area contributed by atoms with Crippen LogP contribution < -0.4 is 15.4 Å². The molecule has 1 heterocycles. The first-order chi connectivity index (χ1) is 16.1. The van der Waals surface area contributed by atoms with Crippen molar-refractivity contribution in [2.24, 2.45) is 0 Å². The van der Waals surface area contributed by atoms with E-state index in [9.17, 15) is 22.8 Å². The van der Waals surface area contributed by atoms with Crippen LogP contribution in [0.4, 0.5) is 18.0 Å². The maximum absolute atomic E-state index is 12.7. The van der Waals surface area contributed by atoms with Crippen LogP contribution in [0.5, 0.6) is 5.75 Å². The third-order valence-corrected chi connectivity index (χ3v) is 5.11. The maximum Gasteiger partial charge on any atom is 0.422 e. The van der Waals surface area contributed by atoms with E-state index in [0.29, 0.717) is 24.2 Å². The van der Waals surface area contributed by atoms with Crippen LogP contribution in [-0.2, 0) is 17.8 Å². The highest BCUT2D eigenvalue weighted by molar-refractivity contribution is 5.94. The number of hydrogen-bond acceptors (Lipinski definition) is 4. The minimum absolute atomic E-state index is 0.00965. The van der Waals surface area contributed by atoms with Gasteiger partial charge in [-0.15, -0.1) is 0 Å². The Kier molecular flexibility index (Phi) is 8.38. The first-order valence-electron chi connectivity index (χ1n) is 10.9. The van der Waals surface area contributed by atoms with Crippen molar-refractivity contribution >= 4 is 11.9 Å². The van der Waals surface area contributed by atoms with Crippen LogP contribution in [0.2, 0.25) is 0 Å². The van der Waals surface area contributed by atoms with Crippen molar-refractivity contribution in [1.29, 1.82) is 0 Å². The number of nitrogens with zero attached hydrogens (tertiary/aromatic N) is 1. The minimum Gasteiger partial charge on any atom is -0.484 e. The van der Waals surface area contributed by atoms with E-state index in [1.54, 1.807) is 41.3 Å². The van der Waals surface area contributed by atoms with E-state index in [2.05, 4.69) is 10.6 Å². The lowest BCUT2D eigenvalue weighted by molar-refractivity contribution is -0.153. The molecule has 1 saturated heterocycles. The van der Waals surface area contributed by atoms with E-state index in [4.69, 9.17) is 9.47 Å². The molecular weight excluding hydrogens is 451 g/mol. The topological polar surface area (TPSA) is 79.9 Å². The largest absolute Gasteiger partial charge is 0.484 e. The van der Waals surface area contributed by atoms with Crippen LogP contribution >= 0.6 is 0 Å². The van der Waals surface area contributed by atoms with Gasteiger partial charge in [-0.2, -0.15) is 13.2 Å². The second-order valence-corrected chi connectivity index (χ2v) is 8.25. The number of halogens is 3. The zero-order chi connectivity index (χ0) is 24.7. The molecule has 1 aliphatic heterocycles. The van der Waals surface area contributed by atoms with Gasteiger partial charge in [0.05, 0.1) is 12.2 Å². The predicted molar refractivity (Wildman–Crippen MR) is 119 cm³/mol. The van der Waals surface area contributed by atoms with Crippen LogP contribution in [0.15, 0.2) is 48.5 Å². The number of rotatable bonds is 7. The van der Waals surface area contributed by atoms with Gasteiger partial charge in [-0.25, -0.2) is 4.79 Å². The lowest BCUT2D eigenvalue weighted by Crippen LogP contribution is -2.48. The normalized spacial score (nSPS) is 18.3. The summed E-state index contributed by atoms with van der Waals surface area (Å²) in [5.41, 5.74) is 1.99. The fourth-order valence-electron chi connectivity index (χ4n) is 3.63. The number of urea groups is 1. The number of amides is 3. The van der Waals surface area contributed by atoms with Crippen molar-refractivity contribution in [2.45, 2.75) is 45.3 Å². The lowest BCUT2D eigenvalue weighted by atomic mass is 10.1. The lowest BCUT2D eigenvalue weighted by Gasteiger charge is -2.35. The molecule has 10 heteroatoms. The highest BCUT2D eigenvalue weighted by Crippen LogP contribution is 2.19. The number of hydrogen-bond donors (Lipinski definition) is 2. The molecule has 0 bridgehead atoms. The maximum atomic E-state index is 12.7. The van der Waals surface area contributed by atoms with Gasteiger partial charge in [0, 0.05) is 31.7 Å². The van der Waals surface area contributed by atoms with Gasteiger partial charge >= 0.3 is 12.2 Å². The van der Waals surface area contributed by atoms with E-state index < -0.39 is 18.8 Å². The number of carbonyl (C=O) groups is 2. The van der Waals surface area contributed by atoms with Crippen molar-refractivity contribution in [3.8, 4) is 5.75 Å². The summed E-state index contributed by atoms with van der Waals surface area (Å²) in [6, 6.07) is 12.7. The summed E-state index contributed by atoms with van der Waals surface area (Å²) >= 11 is 0. The van der Waals surface area contributed by atoms with E-state index in [1.807, 2.05) is 13.8 Å². The Bertz CT molecular complexity index is 972. The molecule has 0 spiro atoms. The van der Waals surface area contributed by atoms with Gasteiger partial charge in [0.25, 0.3) is 5.91 Å². The molecular formula is C24H28F3N3O4. The Hall–Kier alpha value is -3.27. The zero-order valence-electron chi connectivity index (χ0n) is 19.0. The summed E-state index contributed by atoms with van der Waals surface area (Å²) in [7, 11) is 0. The predicted octanol–water partition coefficient (Wildman–Crippen LogP) is 3.88. The number of morpholine rings is 1. The molecule has 3 amide bonds. The Balaban J connectivity index is 1.44. The Labute approximate surface area is 196 Å². The molecule has 0 radical (unpaired) electrons. The Morgan fingerprint density at radius 1 is 1.00 bits per heavy atom. The van der Waals surface area contributed by atoms with Crippen LogP contribution in [-0.4, -0.2) is 54.9 Å². The van der Waals surface area contributed by atoms with E-state index >= 15 is 0 Å². The summed E-state index contributed by atoms with van der Waals surface area (Å²) in [5, 5.41) is 5.36. The fourth-order valence-corrected chi connectivity index (χ4v) is 3.63. The van der Waals surface area contributed by atoms with E-state index in [1.165, 1.54) is 12.1 Å². The number of benzene rings is 2. The summed E-state index contributed by atoms with van der Waals surface area (Å²) in [4.78, 5) is 26.6. The molecule has 2 aromatic carbocycles. The molecule has 184 valence electrons. The van der Waals surface area contributed by atoms with Crippen molar-refractivity contribution < 1.29 is 32.2 Å². The molecule has 7 nitrogen and oxygen atoms in total. The van der Waals surface area contributed by atoms with Gasteiger partial charge in [0.15, 0.2) is 6.61 Å². The average molecular weight is 479 g/mol. The van der Waals surface area contributed by atoms with Gasteiger partial charge in [-0.3, -0.25) is 4.79 Å². The third kappa shape index (κ3) is 7.95. The summed E-state index contributed by atoms with van der Waals surface area (Å²) < 4.78 is 47.2. The smallest absolute Gasteiger partial charge is 0.422 e. The minimum atomic E-state index is -4.42. The van der Waals surface area contributed by atoms with Gasteiger partial charge in [0.1, 0.15) is 5.75 Å². The zero-order valence-corrected chi connectivity index (χ0v) is 19.0. The molecule has 1 fully saturated rings. The number of alkyl halides is 3. The number of ether oxygens (including phenoxy) is 2. The molecule has 2 unspecified atom stereocenters. The molecule has 2 aromatic rings. The molecule has 0 saturated carbocycles. The average Bonchev–Trinajstić information content (AvgIpc) is 2.79. The van der Waals surface area contributed by atoms with Gasteiger partial charge in [-0.05, 0) is 49.2 Å². The first kappa shape index (κ1) is 25.4. The molecule has 34 heavy (non-hydrogen) atoms. The van der Waals surface area contributed by atoms with Crippen molar-refractivity contribution in [2.75, 3.05) is 19.7 Å². The second kappa shape index (κ2) is 11.2. The monoisotopic (exact) mass is 479 g/mol. The van der Waals surface area contributed by atoms with Crippen molar-refractivity contribution in [1.82, 2.24) is 15.5 Å². The summed E-state index contributed by atoms with van der Waals surface area (Å²) in [6.45, 7) is 3.97. The van der Waals surface area contributed by atoms with Crippen LogP contribution in [0.25, 0.3) is 0 Å². The number of carbonyl (C=O) groups excluding carboxylic acids is 2. The van der Waals surface area contributed by atoms with Crippen LogP contribution in [0.3, 0.4) is 0 Å². The quantitative estimate of drug-likeness (QED) is 0.632. The highest BCUT2D eigenvalue weighted by Gasteiger charge is 2.28. The van der Waals surface area contributed by atoms with Crippen LogP contribution in [0.1, 0.15) is 35.3 Å². The molecule has 2 atom stereocenters. The third-order valence-electron chi connectivity index (χ3n) is 5.11. The van der Waals surface area contributed by atoms with E-state index in [-0.39, 0.29) is 37.0 Å². The molecule has 0 aliphatic carbocycles. The Morgan fingerprint density at radius 3 is 2.24 bits per heavy atom. The molecule has 3 rings (SSSR count). The summed E-state index contributed by atoms with van der Waals surface area (Å²) in [5.74, 6) is 0.0216. The molecule has 2 N–H and O–H groups in total. The molecule has 0 aromatic heterocycles. The highest BCUT2D eigenvalue weighted by atomic mass is 19.4. The van der Waals surface area contributed by atoms with Crippen molar-refractivity contribution in [3.63, 3.8) is 0 Å². The SMILES string of the molecule is CC1CN(C(=O)c2ccc(CNC(=O)NCc3cccc(OCC(F)(F)F)c3)cc2)CC(C)O1. The van der Waals surface area contributed by atoms with Gasteiger partial charge in [0.2, 0.25) is 0 Å². The summed E-state index contributed by atoms with van der Waals surface area (Å²) in [6.07, 6.45) is -4.44. The fraction of sp³-hybridized carbons (Fsp3) is 0.417. The van der Waals surface area contributed by atoms with E-state index in [0.717, 1.165) is 5.56 Å².